The average molecular weight is 455 g/mol. The van der Waals surface area contributed by atoms with E-state index in [-0.39, 0.29) is 29.0 Å². The number of Topliss-reactive ketones (excluding diaryl/α,β-unsaturated/α-hetero) is 1. The first-order valence-electron chi connectivity index (χ1n) is 9.03. The van der Waals surface area contributed by atoms with E-state index in [4.69, 9.17) is 5.73 Å². The lowest BCUT2D eigenvalue weighted by atomic mass is 10.1. The van der Waals surface area contributed by atoms with E-state index < -0.39 is 45.7 Å². The predicted molar refractivity (Wildman–Crippen MR) is 109 cm³/mol. The van der Waals surface area contributed by atoms with Gasteiger partial charge in [-0.25, -0.2) is 9.78 Å². The van der Waals surface area contributed by atoms with Gasteiger partial charge >= 0.3 is 11.9 Å². The summed E-state index contributed by atoms with van der Waals surface area (Å²) in [5.41, 5.74) is 2.08. The Morgan fingerprint density at radius 3 is 2.48 bits per heavy atom. The molecule has 0 aromatic carbocycles. The number of alkyl halides is 3. The number of nitrogens with zero attached hydrogens (tertiary/aromatic N) is 4. The first-order chi connectivity index (χ1) is 14.3. The molecule has 2 heterocycles. The first-order valence-corrected chi connectivity index (χ1v) is 10.0. The molecule has 0 radical (unpaired) electrons. The molecule has 0 bridgehead atoms. The molecule has 8 nitrogen and oxygen atoms in total. The number of pyridine rings is 1. The predicted octanol–water partition coefficient (Wildman–Crippen LogP) is 2.35. The molecule has 0 spiro atoms. The van der Waals surface area contributed by atoms with E-state index in [0.29, 0.717) is 11.8 Å². The molecule has 0 fully saturated rings. The van der Waals surface area contributed by atoms with Gasteiger partial charge in [-0.3, -0.25) is 18.7 Å². The van der Waals surface area contributed by atoms with Crippen molar-refractivity contribution in [3.05, 3.63) is 49.3 Å². The Bertz CT molecular complexity index is 1190. The van der Waals surface area contributed by atoms with E-state index in [1.165, 1.54) is 20.0 Å². The number of anilines is 1. The molecule has 0 saturated carbocycles. The van der Waals surface area contributed by atoms with Crippen molar-refractivity contribution >= 4 is 23.4 Å². The highest BCUT2D eigenvalue weighted by Gasteiger charge is 2.35. The standard InChI is InChI=1S/C19H20F3N5O3S/c1-9(2)7-27-15(24)14(17(29)26(4)18(27)30)13(28)8-31-16-11(6-23)12(19(20,21)22)5-10(3)25-16/h5,9H,7-8,24H2,1-4H3. The molecule has 0 aliphatic carbocycles. The van der Waals surface area contributed by atoms with Gasteiger partial charge in [-0.15, -0.1) is 0 Å². The normalized spacial score (nSPS) is 11.6. The second-order valence-corrected chi connectivity index (χ2v) is 8.19. The minimum atomic E-state index is -4.77. The van der Waals surface area contributed by atoms with E-state index in [2.05, 4.69) is 4.98 Å². The lowest BCUT2D eigenvalue weighted by molar-refractivity contribution is -0.138. The molecule has 0 unspecified atom stereocenters. The number of nitrogens with two attached hydrogens (primary N) is 1. The number of halogens is 3. The molecule has 2 aromatic rings. The fourth-order valence-corrected chi connectivity index (χ4v) is 3.79. The molecule has 2 N–H and O–H groups in total. The molecule has 12 heteroatoms. The maximum absolute atomic E-state index is 13.2. The van der Waals surface area contributed by atoms with Crippen molar-refractivity contribution in [1.82, 2.24) is 14.1 Å². The highest BCUT2D eigenvalue weighted by atomic mass is 32.2. The van der Waals surface area contributed by atoms with Crippen LogP contribution in [0.15, 0.2) is 20.7 Å². The van der Waals surface area contributed by atoms with Crippen molar-refractivity contribution in [2.45, 2.75) is 38.5 Å². The number of nitriles is 1. The maximum Gasteiger partial charge on any atom is 0.417 e. The number of aromatic nitrogens is 3. The van der Waals surface area contributed by atoms with Gasteiger partial charge in [-0.05, 0) is 18.9 Å². The third-order valence-electron chi connectivity index (χ3n) is 4.28. The summed E-state index contributed by atoms with van der Waals surface area (Å²) in [6, 6.07) is 2.23. The Morgan fingerprint density at radius 2 is 1.97 bits per heavy atom. The number of rotatable bonds is 6. The van der Waals surface area contributed by atoms with Gasteiger partial charge in [0.25, 0.3) is 5.56 Å². The van der Waals surface area contributed by atoms with Crippen molar-refractivity contribution in [2.75, 3.05) is 11.5 Å². The zero-order valence-electron chi connectivity index (χ0n) is 17.2. The Morgan fingerprint density at radius 1 is 1.35 bits per heavy atom. The second kappa shape index (κ2) is 8.97. The summed E-state index contributed by atoms with van der Waals surface area (Å²) < 4.78 is 41.6. The Balaban J connectivity index is 2.49. The summed E-state index contributed by atoms with van der Waals surface area (Å²) >= 11 is 0.592. The molecule has 31 heavy (non-hydrogen) atoms. The third kappa shape index (κ3) is 4.99. The van der Waals surface area contributed by atoms with Gasteiger partial charge in [-0.1, -0.05) is 25.6 Å². The minimum absolute atomic E-state index is 0.00898. The van der Waals surface area contributed by atoms with Crippen molar-refractivity contribution < 1.29 is 18.0 Å². The van der Waals surface area contributed by atoms with E-state index in [9.17, 15) is 32.8 Å². The smallest absolute Gasteiger partial charge is 0.384 e. The Labute approximate surface area is 179 Å². The summed E-state index contributed by atoms with van der Waals surface area (Å²) in [6.07, 6.45) is -4.77. The monoisotopic (exact) mass is 455 g/mol. The molecule has 166 valence electrons. The van der Waals surface area contributed by atoms with Crippen LogP contribution in [0.2, 0.25) is 0 Å². The SMILES string of the molecule is Cc1cc(C(F)(F)F)c(C#N)c(SCC(=O)c2c(N)n(CC(C)C)c(=O)n(C)c2=O)n1. The number of nitrogen functional groups attached to an aromatic ring is 1. The first kappa shape index (κ1) is 24.2. The fraction of sp³-hybridized carbons (Fsp3) is 0.421. The van der Waals surface area contributed by atoms with Crippen LogP contribution in [0.3, 0.4) is 0 Å². The Hall–Kier alpha value is -3.07. The van der Waals surface area contributed by atoms with E-state index >= 15 is 0 Å². The molecule has 0 atom stereocenters. The summed E-state index contributed by atoms with van der Waals surface area (Å²) in [4.78, 5) is 41.5. The van der Waals surface area contributed by atoms with Gasteiger partial charge in [0.05, 0.1) is 16.9 Å². The van der Waals surface area contributed by atoms with Crippen molar-refractivity contribution in [3.63, 3.8) is 0 Å². The molecule has 0 amide bonds. The van der Waals surface area contributed by atoms with Gasteiger partial charge in [0.15, 0.2) is 5.78 Å². The number of carbonyl (C=O) groups excluding carboxylic acids is 1. The number of carbonyl (C=O) groups is 1. The molecular formula is C19H20F3N5O3S. The van der Waals surface area contributed by atoms with Gasteiger partial charge in [0.2, 0.25) is 0 Å². The summed E-state index contributed by atoms with van der Waals surface area (Å²) in [5, 5.41) is 8.93. The molecule has 0 aliphatic rings. The van der Waals surface area contributed by atoms with Crippen LogP contribution in [0.5, 0.6) is 0 Å². The highest BCUT2D eigenvalue weighted by Crippen LogP contribution is 2.36. The topological polar surface area (TPSA) is 124 Å². The average Bonchev–Trinajstić information content (AvgIpc) is 2.66. The van der Waals surface area contributed by atoms with Crippen LogP contribution in [-0.2, 0) is 19.8 Å². The van der Waals surface area contributed by atoms with Crippen LogP contribution in [0, 0.1) is 24.2 Å². The van der Waals surface area contributed by atoms with E-state index in [1.54, 1.807) is 0 Å². The Kier molecular flexibility index (Phi) is 7.00. The minimum Gasteiger partial charge on any atom is -0.384 e. The molecular weight excluding hydrogens is 435 g/mol. The van der Waals surface area contributed by atoms with Crippen LogP contribution < -0.4 is 17.0 Å². The second-order valence-electron chi connectivity index (χ2n) is 7.22. The van der Waals surface area contributed by atoms with Crippen LogP contribution in [-0.4, -0.2) is 25.7 Å². The summed E-state index contributed by atoms with van der Waals surface area (Å²) in [6.45, 7) is 5.13. The lowest BCUT2D eigenvalue weighted by Crippen LogP contribution is -2.43. The largest absolute Gasteiger partial charge is 0.417 e. The van der Waals surface area contributed by atoms with Crippen LogP contribution >= 0.6 is 11.8 Å². The van der Waals surface area contributed by atoms with Gasteiger partial charge in [0.1, 0.15) is 22.5 Å². The summed E-state index contributed by atoms with van der Waals surface area (Å²) in [5.74, 6) is -1.60. The number of hydrogen-bond donors (Lipinski definition) is 1. The quantitative estimate of drug-likeness (QED) is 0.524. The maximum atomic E-state index is 13.2. The van der Waals surface area contributed by atoms with E-state index in [1.807, 2.05) is 13.8 Å². The third-order valence-corrected chi connectivity index (χ3v) is 5.26. The van der Waals surface area contributed by atoms with Crippen LogP contribution in [0.25, 0.3) is 0 Å². The number of aryl methyl sites for hydroxylation is 1. The van der Waals surface area contributed by atoms with Crippen LogP contribution in [0.4, 0.5) is 19.0 Å². The van der Waals surface area contributed by atoms with Gasteiger partial charge in [0, 0.05) is 19.3 Å². The fourth-order valence-electron chi connectivity index (χ4n) is 2.87. The lowest BCUT2D eigenvalue weighted by Gasteiger charge is -2.16. The van der Waals surface area contributed by atoms with Crippen molar-refractivity contribution in [3.8, 4) is 6.07 Å². The van der Waals surface area contributed by atoms with E-state index in [0.717, 1.165) is 15.2 Å². The number of hydrogen-bond acceptors (Lipinski definition) is 7. The van der Waals surface area contributed by atoms with Crippen molar-refractivity contribution in [2.24, 2.45) is 13.0 Å². The molecule has 0 aliphatic heterocycles. The number of ketones is 1. The molecule has 2 aromatic heterocycles. The number of thioether (sulfide) groups is 1. The van der Waals surface area contributed by atoms with Crippen LogP contribution in [0.1, 0.15) is 41.0 Å². The zero-order chi connectivity index (χ0) is 23.7. The summed E-state index contributed by atoms with van der Waals surface area (Å²) in [7, 11) is 1.20. The zero-order valence-corrected chi connectivity index (χ0v) is 18.0. The van der Waals surface area contributed by atoms with Crippen molar-refractivity contribution in [1.29, 1.82) is 5.26 Å². The highest BCUT2D eigenvalue weighted by molar-refractivity contribution is 8.00. The van der Waals surface area contributed by atoms with Gasteiger partial charge in [-0.2, -0.15) is 18.4 Å². The molecule has 0 saturated heterocycles. The van der Waals surface area contributed by atoms with Gasteiger partial charge < -0.3 is 5.73 Å². The molecule has 2 rings (SSSR count).